The molecule has 2 N–H and O–H groups in total. The van der Waals surface area contributed by atoms with Crippen molar-refractivity contribution >= 4 is 0 Å². The van der Waals surface area contributed by atoms with E-state index in [1.165, 1.54) is 7.05 Å². The molecule has 0 saturated carbocycles. The van der Waals surface area contributed by atoms with Crippen LogP contribution in [0, 0.1) is 29.1 Å². The Bertz CT molecular complexity index is 408. The van der Waals surface area contributed by atoms with Gasteiger partial charge in [-0.3, -0.25) is 0 Å². The molecule has 0 aliphatic heterocycles. The summed E-state index contributed by atoms with van der Waals surface area (Å²) in [6, 6.07) is -0.694. The number of halogens is 5. The van der Waals surface area contributed by atoms with Crippen LogP contribution in [0.25, 0.3) is 0 Å². The van der Waals surface area contributed by atoms with Crippen LogP contribution in [0.3, 0.4) is 0 Å². The molecule has 0 aromatic heterocycles. The predicted octanol–water partition coefficient (Wildman–Crippen LogP) is 1.34. The number of likely N-dealkylation sites (N-methyl/N-ethyl adjacent to an activating group) is 1. The maximum atomic E-state index is 13.1. The quantitative estimate of drug-likeness (QED) is 0.482. The van der Waals surface area contributed by atoms with E-state index in [1.807, 2.05) is 0 Å². The second-order valence-electron chi connectivity index (χ2n) is 3.38. The Kier molecular flexibility index (Phi) is 4.85. The van der Waals surface area contributed by atoms with E-state index in [0.29, 0.717) is 0 Å². The molecule has 0 bridgehead atoms. The van der Waals surface area contributed by atoms with Gasteiger partial charge in [0, 0.05) is 0 Å². The molecule has 0 heterocycles. The Morgan fingerprint density at radius 1 is 1.00 bits per heavy atom. The van der Waals surface area contributed by atoms with Crippen molar-refractivity contribution in [2.45, 2.75) is 6.04 Å². The maximum Gasteiger partial charge on any atom is 0.206 e. The molecule has 1 aromatic rings. The van der Waals surface area contributed by atoms with Gasteiger partial charge in [-0.15, -0.1) is 0 Å². The lowest BCUT2D eigenvalue weighted by Crippen LogP contribution is -2.35. The van der Waals surface area contributed by atoms with Crippen LogP contribution in [0.4, 0.5) is 22.0 Å². The Labute approximate surface area is 99.2 Å². The summed E-state index contributed by atoms with van der Waals surface area (Å²) in [7, 11) is 1.43. The third-order valence-corrected chi connectivity index (χ3v) is 2.23. The number of benzene rings is 1. The summed E-state index contributed by atoms with van der Waals surface area (Å²) >= 11 is 0. The second-order valence-corrected chi connectivity index (χ2v) is 3.38. The third-order valence-electron chi connectivity index (χ3n) is 2.23. The third kappa shape index (κ3) is 2.70. The smallest absolute Gasteiger partial charge is 0.206 e. The van der Waals surface area contributed by atoms with Crippen LogP contribution in [0.15, 0.2) is 0 Å². The fraction of sp³-hybridized carbons (Fsp3) is 0.400. The van der Waals surface area contributed by atoms with Gasteiger partial charge in [-0.2, -0.15) is 8.78 Å². The molecule has 1 unspecified atom stereocenters. The fourth-order valence-corrected chi connectivity index (χ4v) is 1.12. The Morgan fingerprint density at radius 3 is 1.83 bits per heavy atom. The molecule has 3 nitrogen and oxygen atoms in total. The van der Waals surface area contributed by atoms with Gasteiger partial charge >= 0.3 is 0 Å². The fourth-order valence-electron chi connectivity index (χ4n) is 1.12. The Morgan fingerprint density at radius 2 is 1.44 bits per heavy atom. The largest absolute Gasteiger partial charge is 0.486 e. The zero-order valence-corrected chi connectivity index (χ0v) is 9.24. The molecular formula is C10H10F5NO2. The van der Waals surface area contributed by atoms with E-state index >= 15 is 0 Å². The minimum atomic E-state index is -2.25. The molecule has 0 radical (unpaired) electrons. The van der Waals surface area contributed by atoms with Crippen LogP contribution in [0.1, 0.15) is 0 Å². The molecule has 18 heavy (non-hydrogen) atoms. The summed E-state index contributed by atoms with van der Waals surface area (Å²) < 4.78 is 69.0. The van der Waals surface area contributed by atoms with Crippen LogP contribution in [-0.4, -0.2) is 31.4 Å². The summed E-state index contributed by atoms with van der Waals surface area (Å²) in [6.07, 6.45) is 0. The van der Waals surface area contributed by atoms with Crippen LogP contribution in [-0.2, 0) is 0 Å². The maximum absolute atomic E-state index is 13.1. The Balaban J connectivity index is 3.03. The number of hydrogen-bond acceptors (Lipinski definition) is 3. The van der Waals surface area contributed by atoms with Crippen molar-refractivity contribution in [3.63, 3.8) is 0 Å². The van der Waals surface area contributed by atoms with Gasteiger partial charge in [0.1, 0.15) is 6.61 Å². The van der Waals surface area contributed by atoms with Gasteiger partial charge in [0.2, 0.25) is 29.1 Å². The van der Waals surface area contributed by atoms with Gasteiger partial charge in [-0.25, -0.2) is 13.2 Å². The average Bonchev–Trinajstić information content (AvgIpc) is 2.38. The average molecular weight is 271 g/mol. The van der Waals surface area contributed by atoms with E-state index in [4.69, 9.17) is 5.11 Å². The minimum absolute atomic E-state index is 0.425. The first-order valence-electron chi connectivity index (χ1n) is 4.86. The van der Waals surface area contributed by atoms with E-state index in [2.05, 4.69) is 10.1 Å². The van der Waals surface area contributed by atoms with Crippen molar-refractivity contribution in [1.82, 2.24) is 5.32 Å². The van der Waals surface area contributed by atoms with Gasteiger partial charge in [0.05, 0.1) is 12.6 Å². The number of hydrogen-bond donors (Lipinski definition) is 2. The Hall–Kier alpha value is -1.41. The number of nitrogens with one attached hydrogen (secondary N) is 1. The zero-order chi connectivity index (χ0) is 13.9. The van der Waals surface area contributed by atoms with E-state index in [0.717, 1.165) is 0 Å². The first kappa shape index (κ1) is 14.7. The second kappa shape index (κ2) is 5.96. The highest BCUT2D eigenvalue weighted by atomic mass is 19.2. The molecule has 0 amide bonds. The van der Waals surface area contributed by atoms with Gasteiger partial charge < -0.3 is 15.2 Å². The first-order chi connectivity index (χ1) is 8.43. The van der Waals surface area contributed by atoms with Crippen LogP contribution < -0.4 is 10.1 Å². The molecule has 1 atom stereocenters. The van der Waals surface area contributed by atoms with Crippen molar-refractivity contribution in [3.8, 4) is 5.75 Å². The van der Waals surface area contributed by atoms with E-state index < -0.39 is 54.1 Å². The molecule has 0 fully saturated rings. The number of ether oxygens (including phenoxy) is 1. The van der Waals surface area contributed by atoms with Gasteiger partial charge in [0.25, 0.3) is 0 Å². The predicted molar refractivity (Wildman–Crippen MR) is 51.7 cm³/mol. The monoisotopic (exact) mass is 271 g/mol. The van der Waals surface area contributed by atoms with Gasteiger partial charge in [0.15, 0.2) is 5.75 Å². The van der Waals surface area contributed by atoms with Crippen molar-refractivity contribution in [3.05, 3.63) is 29.1 Å². The summed E-state index contributed by atoms with van der Waals surface area (Å²) in [5.74, 6) is -11.8. The van der Waals surface area contributed by atoms with Crippen LogP contribution in [0.5, 0.6) is 5.75 Å². The van der Waals surface area contributed by atoms with Crippen molar-refractivity contribution in [1.29, 1.82) is 0 Å². The van der Waals surface area contributed by atoms with Crippen LogP contribution >= 0.6 is 0 Å². The van der Waals surface area contributed by atoms with Crippen molar-refractivity contribution in [2.75, 3.05) is 20.3 Å². The standard InChI is InChI=1S/C10H10F5NO2/c1-16-4(2-17)3-18-10-8(14)6(12)5(11)7(13)9(10)15/h4,16-17H,2-3H2,1H3. The van der Waals surface area contributed by atoms with Crippen LogP contribution in [0.2, 0.25) is 0 Å². The van der Waals surface area contributed by atoms with Crippen molar-refractivity contribution in [2.24, 2.45) is 0 Å². The lowest BCUT2D eigenvalue weighted by Gasteiger charge is -2.15. The number of aliphatic hydroxyl groups is 1. The molecule has 1 rings (SSSR count). The van der Waals surface area contributed by atoms with E-state index in [9.17, 15) is 22.0 Å². The first-order valence-corrected chi connectivity index (χ1v) is 4.86. The summed E-state index contributed by atoms with van der Waals surface area (Å²) in [4.78, 5) is 0. The SMILES string of the molecule is CNC(CO)COc1c(F)c(F)c(F)c(F)c1F. The highest BCUT2D eigenvalue weighted by Gasteiger charge is 2.27. The molecule has 0 spiro atoms. The minimum Gasteiger partial charge on any atom is -0.486 e. The molecule has 1 aromatic carbocycles. The molecule has 0 aliphatic carbocycles. The zero-order valence-electron chi connectivity index (χ0n) is 9.24. The normalized spacial score (nSPS) is 12.6. The van der Waals surface area contributed by atoms with E-state index in [1.54, 1.807) is 0 Å². The van der Waals surface area contributed by atoms with Gasteiger partial charge in [-0.05, 0) is 7.05 Å². The van der Waals surface area contributed by atoms with E-state index in [-0.39, 0.29) is 0 Å². The summed E-state index contributed by atoms with van der Waals surface area (Å²) in [6.45, 7) is -0.878. The number of rotatable bonds is 5. The summed E-state index contributed by atoms with van der Waals surface area (Å²) in [5.41, 5.74) is 0. The molecule has 8 heteroatoms. The molecule has 0 aliphatic rings. The lowest BCUT2D eigenvalue weighted by atomic mass is 10.2. The highest BCUT2D eigenvalue weighted by molar-refractivity contribution is 5.29. The molecule has 0 saturated heterocycles. The highest BCUT2D eigenvalue weighted by Crippen LogP contribution is 2.29. The summed E-state index contributed by atoms with van der Waals surface area (Å²) in [5, 5.41) is 11.3. The molecular weight excluding hydrogens is 261 g/mol. The molecule has 102 valence electrons. The lowest BCUT2D eigenvalue weighted by molar-refractivity contribution is 0.177. The van der Waals surface area contributed by atoms with Gasteiger partial charge in [-0.1, -0.05) is 0 Å². The topological polar surface area (TPSA) is 41.5 Å². The van der Waals surface area contributed by atoms with Crippen molar-refractivity contribution < 1.29 is 31.8 Å². The number of aliphatic hydroxyl groups excluding tert-OH is 1.